The molecule has 0 atom stereocenters. The molecule has 0 fully saturated rings. The number of nitrogens with one attached hydrogen (secondary N) is 1. The molecule has 0 saturated carbocycles. The Labute approximate surface area is 129 Å². The lowest BCUT2D eigenvalue weighted by Gasteiger charge is -2.09. The average molecular weight is 326 g/mol. The van der Waals surface area contributed by atoms with Crippen molar-refractivity contribution in [3.05, 3.63) is 64.2 Å². The van der Waals surface area contributed by atoms with Gasteiger partial charge in [-0.15, -0.1) is 0 Å². The third-order valence-electron chi connectivity index (χ3n) is 2.83. The normalized spacial score (nSPS) is 10.2. The van der Waals surface area contributed by atoms with Crippen LogP contribution in [0.15, 0.2) is 36.4 Å². The highest BCUT2D eigenvalue weighted by molar-refractivity contribution is 6.34. The molecule has 7 heteroatoms. The van der Waals surface area contributed by atoms with E-state index in [0.717, 1.165) is 12.1 Å². The highest BCUT2D eigenvalue weighted by Crippen LogP contribution is 2.24. The highest BCUT2D eigenvalue weighted by atomic mass is 35.5. The minimum absolute atomic E-state index is 0.0817. The lowest BCUT2D eigenvalue weighted by atomic mass is 10.1. The molecular formula is C15H10ClF2NO3. The molecule has 1 N–H and O–H groups in total. The van der Waals surface area contributed by atoms with Crippen LogP contribution in [0.25, 0.3) is 0 Å². The van der Waals surface area contributed by atoms with Crippen molar-refractivity contribution in [1.29, 1.82) is 0 Å². The van der Waals surface area contributed by atoms with Gasteiger partial charge in [0.05, 0.1) is 28.9 Å². The maximum Gasteiger partial charge on any atom is 0.337 e. The number of ether oxygens (including phenoxy) is 1. The molecule has 0 aliphatic heterocycles. The van der Waals surface area contributed by atoms with Crippen LogP contribution in [0, 0.1) is 11.6 Å². The first-order valence-electron chi connectivity index (χ1n) is 6.07. The van der Waals surface area contributed by atoms with Crippen LogP contribution >= 0.6 is 11.6 Å². The number of anilines is 1. The van der Waals surface area contributed by atoms with Crippen molar-refractivity contribution in [1.82, 2.24) is 0 Å². The smallest absolute Gasteiger partial charge is 0.337 e. The van der Waals surface area contributed by atoms with Gasteiger partial charge in [0.1, 0.15) is 0 Å². The summed E-state index contributed by atoms with van der Waals surface area (Å²) in [4.78, 5) is 23.4. The molecule has 0 heterocycles. The summed E-state index contributed by atoms with van der Waals surface area (Å²) in [5.74, 6) is -3.91. The Balaban J connectivity index is 2.32. The second-order valence-corrected chi connectivity index (χ2v) is 4.65. The van der Waals surface area contributed by atoms with Gasteiger partial charge in [0.2, 0.25) is 0 Å². The molecule has 22 heavy (non-hydrogen) atoms. The molecule has 0 aliphatic rings. The fourth-order valence-corrected chi connectivity index (χ4v) is 1.90. The summed E-state index contributed by atoms with van der Waals surface area (Å²) in [5, 5.41) is 2.47. The summed E-state index contributed by atoms with van der Waals surface area (Å²) in [6.07, 6.45) is 0. The lowest BCUT2D eigenvalue weighted by Crippen LogP contribution is -2.15. The van der Waals surface area contributed by atoms with Gasteiger partial charge in [-0.2, -0.15) is 0 Å². The standard InChI is InChI=1S/C15H10ClF2NO3/c1-22-15(21)8-5-6-10(16)12(7-8)19-14(20)9-3-2-4-11(17)13(9)18/h2-7H,1H3,(H,19,20). The van der Waals surface area contributed by atoms with Gasteiger partial charge < -0.3 is 10.1 Å². The van der Waals surface area contributed by atoms with E-state index in [4.69, 9.17) is 11.6 Å². The van der Waals surface area contributed by atoms with Crippen molar-refractivity contribution in [2.24, 2.45) is 0 Å². The number of halogens is 3. The van der Waals surface area contributed by atoms with Crippen LogP contribution < -0.4 is 5.32 Å². The summed E-state index contributed by atoms with van der Waals surface area (Å²) in [5.41, 5.74) is -0.236. The van der Waals surface area contributed by atoms with Gasteiger partial charge in [0.15, 0.2) is 11.6 Å². The summed E-state index contributed by atoms with van der Waals surface area (Å²) < 4.78 is 31.3. The molecule has 0 unspecified atom stereocenters. The van der Waals surface area contributed by atoms with Gasteiger partial charge in [-0.05, 0) is 30.3 Å². The van der Waals surface area contributed by atoms with E-state index in [-0.39, 0.29) is 16.3 Å². The number of methoxy groups -OCH3 is 1. The summed E-state index contributed by atoms with van der Waals surface area (Å²) in [6.45, 7) is 0. The predicted octanol–water partition coefficient (Wildman–Crippen LogP) is 3.66. The Bertz CT molecular complexity index is 750. The van der Waals surface area contributed by atoms with Crippen molar-refractivity contribution in [2.45, 2.75) is 0 Å². The molecule has 2 aromatic rings. The number of amides is 1. The first-order chi connectivity index (χ1) is 10.4. The van der Waals surface area contributed by atoms with Crippen LogP contribution in [0.2, 0.25) is 5.02 Å². The Morgan fingerprint density at radius 3 is 2.59 bits per heavy atom. The molecular weight excluding hydrogens is 316 g/mol. The number of hydrogen-bond acceptors (Lipinski definition) is 3. The SMILES string of the molecule is COC(=O)c1ccc(Cl)c(NC(=O)c2cccc(F)c2F)c1. The zero-order valence-corrected chi connectivity index (χ0v) is 12.1. The topological polar surface area (TPSA) is 55.4 Å². The van der Waals surface area contributed by atoms with Gasteiger partial charge >= 0.3 is 5.97 Å². The van der Waals surface area contributed by atoms with Crippen molar-refractivity contribution in [2.75, 3.05) is 12.4 Å². The number of carbonyl (C=O) groups excluding carboxylic acids is 2. The van der Waals surface area contributed by atoms with Crippen LogP contribution in [0.3, 0.4) is 0 Å². The summed E-state index contributed by atoms with van der Waals surface area (Å²) in [6, 6.07) is 7.31. The van der Waals surface area contributed by atoms with Gasteiger partial charge in [0.25, 0.3) is 5.91 Å². The molecule has 0 saturated heterocycles. The van der Waals surface area contributed by atoms with Gasteiger partial charge in [-0.1, -0.05) is 17.7 Å². The average Bonchev–Trinajstić information content (AvgIpc) is 2.51. The predicted molar refractivity (Wildman–Crippen MR) is 77.1 cm³/mol. The van der Waals surface area contributed by atoms with Gasteiger partial charge in [-0.3, -0.25) is 4.79 Å². The second-order valence-electron chi connectivity index (χ2n) is 4.24. The Hall–Kier alpha value is -2.47. The van der Waals surface area contributed by atoms with E-state index in [0.29, 0.717) is 0 Å². The lowest BCUT2D eigenvalue weighted by molar-refractivity contribution is 0.0600. The van der Waals surface area contributed by atoms with Crippen molar-refractivity contribution in [3.8, 4) is 0 Å². The third kappa shape index (κ3) is 3.23. The number of benzene rings is 2. The van der Waals surface area contributed by atoms with Crippen LogP contribution in [0.4, 0.5) is 14.5 Å². The van der Waals surface area contributed by atoms with E-state index in [2.05, 4.69) is 10.1 Å². The van der Waals surface area contributed by atoms with E-state index in [1.54, 1.807) is 0 Å². The number of carbonyl (C=O) groups is 2. The molecule has 0 aromatic heterocycles. The maximum atomic E-state index is 13.6. The second kappa shape index (κ2) is 6.53. The fourth-order valence-electron chi connectivity index (χ4n) is 1.73. The van der Waals surface area contributed by atoms with E-state index < -0.39 is 29.1 Å². The molecule has 2 rings (SSSR count). The minimum atomic E-state index is -1.26. The molecule has 2 aromatic carbocycles. The minimum Gasteiger partial charge on any atom is -0.465 e. The molecule has 0 radical (unpaired) electrons. The van der Waals surface area contributed by atoms with Crippen LogP contribution in [-0.4, -0.2) is 19.0 Å². The van der Waals surface area contributed by atoms with E-state index >= 15 is 0 Å². The molecule has 0 spiro atoms. The van der Waals surface area contributed by atoms with Crippen LogP contribution in [-0.2, 0) is 4.74 Å². The zero-order valence-electron chi connectivity index (χ0n) is 11.3. The highest BCUT2D eigenvalue weighted by Gasteiger charge is 2.17. The summed E-state index contributed by atoms with van der Waals surface area (Å²) >= 11 is 5.91. The molecule has 114 valence electrons. The number of esters is 1. The largest absolute Gasteiger partial charge is 0.465 e. The monoisotopic (exact) mass is 325 g/mol. The van der Waals surface area contributed by atoms with Crippen LogP contribution in [0.1, 0.15) is 20.7 Å². The van der Waals surface area contributed by atoms with E-state index in [9.17, 15) is 18.4 Å². The summed E-state index contributed by atoms with van der Waals surface area (Å²) in [7, 11) is 1.21. The zero-order chi connectivity index (χ0) is 16.3. The van der Waals surface area contributed by atoms with E-state index in [1.165, 1.54) is 31.4 Å². The molecule has 0 bridgehead atoms. The number of rotatable bonds is 3. The Kier molecular flexibility index (Phi) is 4.72. The quantitative estimate of drug-likeness (QED) is 0.876. The van der Waals surface area contributed by atoms with Crippen LogP contribution in [0.5, 0.6) is 0 Å². The van der Waals surface area contributed by atoms with Gasteiger partial charge in [0, 0.05) is 0 Å². The third-order valence-corrected chi connectivity index (χ3v) is 3.16. The Morgan fingerprint density at radius 2 is 1.91 bits per heavy atom. The van der Waals surface area contributed by atoms with E-state index in [1.807, 2.05) is 0 Å². The van der Waals surface area contributed by atoms with Gasteiger partial charge in [-0.25, -0.2) is 13.6 Å². The number of hydrogen-bond donors (Lipinski definition) is 1. The van der Waals surface area contributed by atoms with Crippen molar-refractivity contribution in [3.63, 3.8) is 0 Å². The van der Waals surface area contributed by atoms with Crippen molar-refractivity contribution >= 4 is 29.2 Å². The van der Waals surface area contributed by atoms with Crippen molar-refractivity contribution < 1.29 is 23.1 Å². The molecule has 1 amide bonds. The fraction of sp³-hybridized carbons (Fsp3) is 0.0667. The first kappa shape index (κ1) is 15.9. The Morgan fingerprint density at radius 1 is 1.18 bits per heavy atom. The molecule has 0 aliphatic carbocycles. The first-order valence-corrected chi connectivity index (χ1v) is 6.45. The maximum absolute atomic E-state index is 13.6. The molecule has 4 nitrogen and oxygen atoms in total.